The van der Waals surface area contributed by atoms with Crippen molar-refractivity contribution < 1.29 is 4.79 Å². The van der Waals surface area contributed by atoms with Gasteiger partial charge in [0.25, 0.3) is 0 Å². The topological polar surface area (TPSA) is 47.8 Å². The average Bonchev–Trinajstić information content (AvgIpc) is 2.90. The molecule has 104 valence electrons. The van der Waals surface area contributed by atoms with Crippen LogP contribution in [0.5, 0.6) is 0 Å². The molecule has 5 heteroatoms. The molecule has 2 rings (SSSR count). The van der Waals surface area contributed by atoms with Crippen molar-refractivity contribution in [3.05, 3.63) is 47.5 Å². The Labute approximate surface area is 123 Å². The summed E-state index contributed by atoms with van der Waals surface area (Å²) in [6.45, 7) is 5.63. The van der Waals surface area contributed by atoms with E-state index in [1.165, 1.54) is 17.3 Å². The fraction of sp³-hybridized carbons (Fsp3) is 0.267. The molecule has 0 spiro atoms. The van der Waals surface area contributed by atoms with Crippen LogP contribution in [0.1, 0.15) is 26.3 Å². The van der Waals surface area contributed by atoms with E-state index in [0.29, 0.717) is 10.7 Å². The van der Waals surface area contributed by atoms with Gasteiger partial charge in [0.15, 0.2) is 5.78 Å². The summed E-state index contributed by atoms with van der Waals surface area (Å²) in [6, 6.07) is 7.28. The average molecular weight is 290 g/mol. The highest BCUT2D eigenvalue weighted by Crippen LogP contribution is 2.24. The van der Waals surface area contributed by atoms with Crippen LogP contribution < -0.4 is 0 Å². The van der Waals surface area contributed by atoms with E-state index in [1.54, 1.807) is 18.2 Å². The smallest absolute Gasteiger partial charge is 0.186 e. The van der Waals surface area contributed by atoms with Crippen molar-refractivity contribution in [1.82, 2.24) is 14.8 Å². The fourth-order valence-electron chi connectivity index (χ4n) is 1.67. The number of benzene rings is 1. The molecule has 2 aromatic rings. The minimum absolute atomic E-state index is 0.00190. The third-order valence-electron chi connectivity index (χ3n) is 2.75. The van der Waals surface area contributed by atoms with Gasteiger partial charge < -0.3 is 0 Å². The normalized spacial score (nSPS) is 12.5. The van der Waals surface area contributed by atoms with Gasteiger partial charge in [-0.15, -0.1) is 0 Å². The van der Waals surface area contributed by atoms with E-state index in [0.717, 1.165) is 5.56 Å². The van der Waals surface area contributed by atoms with Gasteiger partial charge in [-0.1, -0.05) is 44.5 Å². The molecule has 4 nitrogen and oxygen atoms in total. The summed E-state index contributed by atoms with van der Waals surface area (Å²) in [4.78, 5) is 16.5. The Balaban J connectivity index is 2.47. The molecular weight excluding hydrogens is 274 g/mol. The molecule has 0 aliphatic rings. The van der Waals surface area contributed by atoms with Crippen LogP contribution >= 0.6 is 11.6 Å². The lowest BCUT2D eigenvalue weighted by Gasteiger charge is -2.18. The van der Waals surface area contributed by atoms with Gasteiger partial charge in [-0.25, -0.2) is 9.67 Å². The Morgan fingerprint density at radius 3 is 2.40 bits per heavy atom. The summed E-state index contributed by atoms with van der Waals surface area (Å²) >= 11 is 5.87. The molecule has 0 aliphatic heterocycles. The third kappa shape index (κ3) is 3.33. The predicted octanol–water partition coefficient (Wildman–Crippen LogP) is 3.54. The fourth-order valence-corrected chi connectivity index (χ4v) is 1.80. The van der Waals surface area contributed by atoms with Crippen LogP contribution in [0.2, 0.25) is 5.02 Å². The third-order valence-corrected chi connectivity index (χ3v) is 3.00. The first-order valence-corrected chi connectivity index (χ1v) is 6.63. The lowest BCUT2D eigenvalue weighted by atomic mass is 9.88. The second-order valence-corrected chi connectivity index (χ2v) is 5.94. The maximum absolute atomic E-state index is 12.6. The summed E-state index contributed by atoms with van der Waals surface area (Å²) in [5.41, 5.74) is 0.874. The molecule has 0 amide bonds. The highest BCUT2D eigenvalue weighted by atomic mass is 35.5. The second-order valence-electron chi connectivity index (χ2n) is 5.50. The second kappa shape index (κ2) is 5.59. The van der Waals surface area contributed by atoms with Gasteiger partial charge >= 0.3 is 0 Å². The van der Waals surface area contributed by atoms with Crippen molar-refractivity contribution in [2.24, 2.45) is 5.41 Å². The first-order chi connectivity index (χ1) is 9.38. The molecule has 0 unspecified atom stereocenters. The molecule has 1 aromatic carbocycles. The van der Waals surface area contributed by atoms with Crippen LogP contribution in [0.4, 0.5) is 0 Å². The van der Waals surface area contributed by atoms with Crippen LogP contribution in [0.25, 0.3) is 11.8 Å². The number of aromatic nitrogens is 3. The summed E-state index contributed by atoms with van der Waals surface area (Å²) in [5.74, 6) is -0.00190. The molecule has 1 aromatic heterocycles. The molecule has 0 saturated heterocycles. The van der Waals surface area contributed by atoms with Gasteiger partial charge in [0.2, 0.25) is 0 Å². The molecule has 20 heavy (non-hydrogen) atoms. The molecule has 0 aliphatic carbocycles. The first kappa shape index (κ1) is 14.5. The van der Waals surface area contributed by atoms with E-state index >= 15 is 0 Å². The zero-order valence-electron chi connectivity index (χ0n) is 11.7. The Morgan fingerprint density at radius 2 is 1.90 bits per heavy atom. The standard InChI is InChI=1S/C15H16ClN3O/c1-15(2,3)14(20)13(19-10-17-9-18-19)8-11-4-6-12(16)7-5-11/h4-10H,1-3H3/b13-8-. The summed E-state index contributed by atoms with van der Waals surface area (Å²) < 4.78 is 1.49. The number of nitrogens with zero attached hydrogens (tertiary/aromatic N) is 3. The Kier molecular flexibility index (Phi) is 4.04. The van der Waals surface area contributed by atoms with E-state index in [4.69, 9.17) is 11.6 Å². The van der Waals surface area contributed by atoms with Crippen LogP contribution in [-0.2, 0) is 4.79 Å². The minimum Gasteiger partial charge on any atom is -0.292 e. The number of carbonyl (C=O) groups excluding carboxylic acids is 1. The number of carbonyl (C=O) groups is 1. The van der Waals surface area contributed by atoms with Gasteiger partial charge in [0.1, 0.15) is 18.4 Å². The zero-order valence-corrected chi connectivity index (χ0v) is 12.4. The van der Waals surface area contributed by atoms with E-state index in [1.807, 2.05) is 32.9 Å². The summed E-state index contributed by atoms with van der Waals surface area (Å²) in [7, 11) is 0. The highest BCUT2D eigenvalue weighted by Gasteiger charge is 2.26. The van der Waals surface area contributed by atoms with Crippen molar-refractivity contribution in [3.63, 3.8) is 0 Å². The Morgan fingerprint density at radius 1 is 1.25 bits per heavy atom. The maximum atomic E-state index is 12.6. The number of rotatable bonds is 3. The number of hydrogen-bond donors (Lipinski definition) is 0. The number of halogens is 1. The monoisotopic (exact) mass is 289 g/mol. The molecule has 0 radical (unpaired) electrons. The van der Waals surface area contributed by atoms with E-state index in [-0.39, 0.29) is 5.78 Å². The quantitative estimate of drug-likeness (QED) is 0.812. The zero-order chi connectivity index (χ0) is 14.8. The lowest BCUT2D eigenvalue weighted by Crippen LogP contribution is -2.24. The van der Waals surface area contributed by atoms with Gasteiger partial charge in [0.05, 0.1) is 0 Å². The SMILES string of the molecule is CC(C)(C)C(=O)/C(=C/c1ccc(Cl)cc1)n1cncn1. The van der Waals surface area contributed by atoms with Gasteiger partial charge in [-0.3, -0.25) is 4.79 Å². The van der Waals surface area contributed by atoms with Crippen LogP contribution in [-0.4, -0.2) is 20.5 Å². The highest BCUT2D eigenvalue weighted by molar-refractivity contribution is 6.30. The molecule has 0 atom stereocenters. The largest absolute Gasteiger partial charge is 0.292 e. The van der Waals surface area contributed by atoms with Gasteiger partial charge in [-0.2, -0.15) is 5.10 Å². The predicted molar refractivity (Wildman–Crippen MR) is 80.1 cm³/mol. The number of allylic oxidation sites excluding steroid dienone is 1. The Bertz CT molecular complexity index is 622. The van der Waals surface area contributed by atoms with Crippen LogP contribution in [0.15, 0.2) is 36.9 Å². The van der Waals surface area contributed by atoms with Crippen LogP contribution in [0, 0.1) is 5.41 Å². The lowest BCUT2D eigenvalue weighted by molar-refractivity contribution is -0.120. The minimum atomic E-state index is -0.496. The number of ketones is 1. The summed E-state index contributed by atoms with van der Waals surface area (Å²) in [5, 5.41) is 4.71. The van der Waals surface area contributed by atoms with Crippen LogP contribution in [0.3, 0.4) is 0 Å². The van der Waals surface area contributed by atoms with Gasteiger partial charge in [-0.05, 0) is 23.8 Å². The molecule has 0 saturated carbocycles. The molecule has 0 fully saturated rings. The van der Waals surface area contributed by atoms with Crippen molar-refractivity contribution >= 4 is 29.2 Å². The van der Waals surface area contributed by atoms with Crippen molar-refractivity contribution in [2.45, 2.75) is 20.8 Å². The van der Waals surface area contributed by atoms with E-state index in [9.17, 15) is 4.79 Å². The van der Waals surface area contributed by atoms with Crippen molar-refractivity contribution in [3.8, 4) is 0 Å². The first-order valence-electron chi connectivity index (χ1n) is 6.25. The number of hydrogen-bond acceptors (Lipinski definition) is 3. The summed E-state index contributed by atoms with van der Waals surface area (Å²) in [6.07, 6.45) is 4.72. The van der Waals surface area contributed by atoms with E-state index < -0.39 is 5.41 Å². The molecule has 0 bridgehead atoms. The number of Topliss-reactive ketones (excluding diaryl/α,β-unsaturated/α-hetero) is 1. The van der Waals surface area contributed by atoms with Gasteiger partial charge in [0, 0.05) is 10.4 Å². The maximum Gasteiger partial charge on any atom is 0.186 e. The van der Waals surface area contributed by atoms with E-state index in [2.05, 4.69) is 10.1 Å². The van der Waals surface area contributed by atoms with Crippen molar-refractivity contribution in [2.75, 3.05) is 0 Å². The molecular formula is C15H16ClN3O. The van der Waals surface area contributed by atoms with Crippen molar-refractivity contribution in [1.29, 1.82) is 0 Å². The Hall–Kier alpha value is -1.94. The molecule has 1 heterocycles. The molecule has 0 N–H and O–H groups in total.